The molecule has 2 N–H and O–H groups in total. The predicted octanol–water partition coefficient (Wildman–Crippen LogP) is 2.85. The molecule has 1 aromatic carbocycles. The first-order valence-electron chi connectivity index (χ1n) is 6.70. The van der Waals surface area contributed by atoms with Gasteiger partial charge in [-0.15, -0.1) is 0 Å². The minimum atomic E-state index is -0.219. The van der Waals surface area contributed by atoms with Gasteiger partial charge in [0.1, 0.15) is 5.82 Å². The van der Waals surface area contributed by atoms with E-state index in [1.54, 1.807) is 6.07 Å². The van der Waals surface area contributed by atoms with Gasteiger partial charge in [0, 0.05) is 6.54 Å². The molecule has 0 saturated heterocycles. The third kappa shape index (κ3) is 3.20. The third-order valence-corrected chi connectivity index (χ3v) is 3.25. The Labute approximate surface area is 113 Å². The Morgan fingerprint density at radius 3 is 2.74 bits per heavy atom. The summed E-state index contributed by atoms with van der Waals surface area (Å²) < 4.78 is 15.1. The average Bonchev–Trinajstić information content (AvgIpc) is 2.82. The molecular weight excluding hydrogens is 241 g/mol. The van der Waals surface area contributed by atoms with Gasteiger partial charge in [0.05, 0.1) is 17.4 Å². The topological polar surface area (TPSA) is 43.8 Å². The lowest BCUT2D eigenvalue weighted by molar-refractivity contribution is 0.563. The molecule has 102 valence electrons. The van der Waals surface area contributed by atoms with Gasteiger partial charge in [-0.3, -0.25) is 4.68 Å². The molecular formula is C15H20FN3. The summed E-state index contributed by atoms with van der Waals surface area (Å²) in [6.45, 7) is 4.92. The number of nitrogens with zero attached hydrogens (tertiary/aromatic N) is 2. The fourth-order valence-electron chi connectivity index (χ4n) is 2.23. The molecule has 0 aliphatic carbocycles. The fourth-order valence-corrected chi connectivity index (χ4v) is 2.23. The zero-order valence-electron chi connectivity index (χ0n) is 11.4. The lowest BCUT2D eigenvalue weighted by atomic mass is 10.0. The number of hydrogen-bond donors (Lipinski definition) is 1. The van der Waals surface area contributed by atoms with Crippen LogP contribution in [-0.2, 0) is 19.4 Å². The van der Waals surface area contributed by atoms with E-state index < -0.39 is 0 Å². The number of rotatable bonds is 5. The summed E-state index contributed by atoms with van der Waals surface area (Å²) in [4.78, 5) is 0. The number of halogens is 1. The second-order valence-electron chi connectivity index (χ2n) is 4.67. The first-order chi connectivity index (χ1) is 9.13. The van der Waals surface area contributed by atoms with Gasteiger partial charge in [0.25, 0.3) is 0 Å². The van der Waals surface area contributed by atoms with Gasteiger partial charge >= 0.3 is 0 Å². The average molecular weight is 261 g/mol. The largest absolute Gasteiger partial charge is 0.322 e. The van der Waals surface area contributed by atoms with Crippen LogP contribution in [0.1, 0.15) is 36.8 Å². The van der Waals surface area contributed by atoms with Crippen molar-refractivity contribution in [2.24, 2.45) is 5.73 Å². The van der Waals surface area contributed by atoms with Crippen LogP contribution < -0.4 is 5.73 Å². The summed E-state index contributed by atoms with van der Waals surface area (Å²) in [6.07, 6.45) is 1.51. The minimum absolute atomic E-state index is 0.158. The zero-order valence-corrected chi connectivity index (χ0v) is 11.4. The Morgan fingerprint density at radius 2 is 2.11 bits per heavy atom. The maximum atomic E-state index is 13.2. The number of benzene rings is 1. The van der Waals surface area contributed by atoms with Crippen molar-refractivity contribution < 1.29 is 4.39 Å². The Morgan fingerprint density at radius 1 is 1.32 bits per heavy atom. The van der Waals surface area contributed by atoms with E-state index in [4.69, 9.17) is 5.73 Å². The Bertz CT molecular complexity index is 548. The van der Waals surface area contributed by atoms with Crippen molar-refractivity contribution in [3.05, 3.63) is 53.1 Å². The van der Waals surface area contributed by atoms with Gasteiger partial charge in [-0.05, 0) is 43.5 Å². The van der Waals surface area contributed by atoms with Crippen LogP contribution in [0.3, 0.4) is 0 Å². The molecule has 0 fully saturated rings. The van der Waals surface area contributed by atoms with Crippen molar-refractivity contribution in [1.29, 1.82) is 0 Å². The smallest absolute Gasteiger partial charge is 0.123 e. The molecule has 0 amide bonds. The number of aromatic nitrogens is 2. The maximum Gasteiger partial charge on any atom is 0.123 e. The van der Waals surface area contributed by atoms with E-state index in [1.165, 1.54) is 12.1 Å². The van der Waals surface area contributed by atoms with Crippen molar-refractivity contribution in [1.82, 2.24) is 9.78 Å². The summed E-state index contributed by atoms with van der Waals surface area (Å²) in [6, 6.07) is 8.48. The predicted molar refractivity (Wildman–Crippen MR) is 74.3 cm³/mol. The van der Waals surface area contributed by atoms with Crippen molar-refractivity contribution in [3.8, 4) is 0 Å². The normalized spacial score (nSPS) is 12.6. The van der Waals surface area contributed by atoms with Crippen LogP contribution in [0.4, 0.5) is 4.39 Å². The van der Waals surface area contributed by atoms with E-state index >= 15 is 0 Å². The van der Waals surface area contributed by atoms with Crippen LogP contribution in [0, 0.1) is 5.82 Å². The van der Waals surface area contributed by atoms with Gasteiger partial charge in [-0.2, -0.15) is 5.10 Å². The van der Waals surface area contributed by atoms with Crippen molar-refractivity contribution in [2.45, 2.75) is 39.3 Å². The van der Waals surface area contributed by atoms with Crippen molar-refractivity contribution >= 4 is 0 Å². The Kier molecular flexibility index (Phi) is 4.32. The molecule has 3 nitrogen and oxygen atoms in total. The molecule has 0 spiro atoms. The summed E-state index contributed by atoms with van der Waals surface area (Å²) >= 11 is 0. The van der Waals surface area contributed by atoms with Crippen molar-refractivity contribution in [3.63, 3.8) is 0 Å². The quantitative estimate of drug-likeness (QED) is 0.899. The number of nitrogens with two attached hydrogens (primary N) is 1. The molecule has 1 atom stereocenters. The lowest BCUT2D eigenvalue weighted by Gasteiger charge is -2.13. The van der Waals surface area contributed by atoms with Crippen LogP contribution in [0.5, 0.6) is 0 Å². The molecule has 1 aromatic heterocycles. The lowest BCUT2D eigenvalue weighted by Crippen LogP contribution is -2.18. The summed E-state index contributed by atoms with van der Waals surface area (Å²) in [7, 11) is 0. The molecule has 2 aromatic rings. The van der Waals surface area contributed by atoms with Gasteiger partial charge in [0.15, 0.2) is 0 Å². The molecule has 0 aliphatic rings. The first kappa shape index (κ1) is 13.7. The highest BCUT2D eigenvalue weighted by atomic mass is 19.1. The van der Waals surface area contributed by atoms with Gasteiger partial charge in [-0.1, -0.05) is 19.1 Å². The Balaban J connectivity index is 2.19. The van der Waals surface area contributed by atoms with Gasteiger partial charge in [-0.25, -0.2) is 4.39 Å². The molecule has 0 radical (unpaired) electrons. The molecule has 19 heavy (non-hydrogen) atoms. The fraction of sp³-hybridized carbons (Fsp3) is 0.400. The Hall–Kier alpha value is -1.68. The van der Waals surface area contributed by atoms with Crippen LogP contribution in [0.2, 0.25) is 0 Å². The standard InChI is InChI=1S/C15H20FN3/c1-3-13-10-15(19(4-2)18-13)14(17)9-11-6-5-7-12(16)8-11/h5-8,10,14H,3-4,9,17H2,1-2H3. The van der Waals surface area contributed by atoms with Crippen LogP contribution in [0.15, 0.2) is 30.3 Å². The second kappa shape index (κ2) is 5.97. The van der Waals surface area contributed by atoms with E-state index in [0.29, 0.717) is 6.42 Å². The number of hydrogen-bond acceptors (Lipinski definition) is 2. The van der Waals surface area contributed by atoms with Crippen LogP contribution in [0.25, 0.3) is 0 Å². The summed E-state index contributed by atoms with van der Waals surface area (Å²) in [5.74, 6) is -0.219. The van der Waals surface area contributed by atoms with E-state index in [9.17, 15) is 4.39 Å². The molecule has 2 rings (SSSR count). The molecule has 0 saturated carbocycles. The van der Waals surface area contributed by atoms with Gasteiger partial charge < -0.3 is 5.73 Å². The SMILES string of the molecule is CCc1cc(C(N)Cc2cccc(F)c2)n(CC)n1. The maximum absolute atomic E-state index is 13.2. The van der Waals surface area contributed by atoms with E-state index in [0.717, 1.165) is 29.9 Å². The molecule has 4 heteroatoms. The molecule has 0 bridgehead atoms. The van der Waals surface area contributed by atoms with Crippen LogP contribution >= 0.6 is 0 Å². The minimum Gasteiger partial charge on any atom is -0.322 e. The third-order valence-electron chi connectivity index (χ3n) is 3.25. The van der Waals surface area contributed by atoms with E-state index in [1.807, 2.05) is 23.7 Å². The molecule has 0 aliphatic heterocycles. The zero-order chi connectivity index (χ0) is 13.8. The molecule has 1 heterocycles. The van der Waals surface area contributed by atoms with Crippen molar-refractivity contribution in [2.75, 3.05) is 0 Å². The van der Waals surface area contributed by atoms with E-state index in [2.05, 4.69) is 12.0 Å². The summed E-state index contributed by atoms with van der Waals surface area (Å²) in [5.41, 5.74) is 9.21. The second-order valence-corrected chi connectivity index (χ2v) is 4.67. The monoisotopic (exact) mass is 261 g/mol. The highest BCUT2D eigenvalue weighted by Crippen LogP contribution is 2.18. The van der Waals surface area contributed by atoms with Gasteiger partial charge in [0.2, 0.25) is 0 Å². The van der Waals surface area contributed by atoms with E-state index in [-0.39, 0.29) is 11.9 Å². The summed E-state index contributed by atoms with van der Waals surface area (Å²) in [5, 5.41) is 4.49. The highest BCUT2D eigenvalue weighted by molar-refractivity contribution is 5.21. The van der Waals surface area contributed by atoms with Crippen LogP contribution in [-0.4, -0.2) is 9.78 Å². The first-order valence-corrected chi connectivity index (χ1v) is 6.70. The number of aryl methyl sites for hydroxylation is 2. The highest BCUT2D eigenvalue weighted by Gasteiger charge is 2.14. The molecule has 1 unspecified atom stereocenters.